The third-order valence-electron chi connectivity index (χ3n) is 5.15. The van der Waals surface area contributed by atoms with Gasteiger partial charge in [0.1, 0.15) is 0 Å². The molecule has 0 saturated heterocycles. The molecule has 0 bridgehead atoms. The molecule has 0 radical (unpaired) electrons. The van der Waals surface area contributed by atoms with E-state index in [-0.39, 0.29) is 0 Å². The van der Waals surface area contributed by atoms with Gasteiger partial charge in [-0.25, -0.2) is 4.79 Å². The van der Waals surface area contributed by atoms with Crippen LogP contribution in [0.15, 0.2) is 79.0 Å². The topological polar surface area (TPSA) is 96.7 Å². The van der Waals surface area contributed by atoms with Crippen molar-refractivity contribution in [2.24, 2.45) is 0 Å². The fourth-order valence-electron chi connectivity index (χ4n) is 3.74. The van der Waals surface area contributed by atoms with E-state index in [4.69, 9.17) is 0 Å². The molecular weight excluding hydrogens is 378 g/mol. The molecule has 0 saturated carbocycles. The van der Waals surface area contributed by atoms with E-state index < -0.39 is 5.97 Å². The van der Waals surface area contributed by atoms with E-state index in [0.717, 1.165) is 33.2 Å². The van der Waals surface area contributed by atoms with Crippen LogP contribution in [0.4, 0.5) is 0 Å². The highest BCUT2D eigenvalue weighted by atomic mass is 16.4. The Morgan fingerprint density at radius 3 is 2.40 bits per heavy atom. The van der Waals surface area contributed by atoms with E-state index in [1.807, 2.05) is 53.1 Å². The highest BCUT2D eigenvalue weighted by Crippen LogP contribution is 2.30. The average molecular weight is 395 g/mol. The number of aromatic amines is 1. The van der Waals surface area contributed by atoms with E-state index >= 15 is 0 Å². The minimum atomic E-state index is -0.918. The van der Waals surface area contributed by atoms with Gasteiger partial charge < -0.3 is 9.67 Å². The van der Waals surface area contributed by atoms with E-state index in [1.165, 1.54) is 0 Å². The Labute approximate surface area is 171 Å². The average Bonchev–Trinajstić information content (AvgIpc) is 3.43. The van der Waals surface area contributed by atoms with Crippen molar-refractivity contribution in [3.05, 3.63) is 90.1 Å². The summed E-state index contributed by atoms with van der Waals surface area (Å²) in [6, 6.07) is 23.7. The molecule has 7 nitrogen and oxygen atoms in total. The van der Waals surface area contributed by atoms with Crippen molar-refractivity contribution < 1.29 is 9.90 Å². The minimum absolute atomic E-state index is 0.316. The zero-order valence-corrected chi connectivity index (χ0v) is 15.9. The van der Waals surface area contributed by atoms with Gasteiger partial charge in [-0.15, -0.1) is 10.2 Å². The molecule has 2 aromatic heterocycles. The SMILES string of the molecule is O=C(O)c1cn(Cc2ccc(-c3ccccc3-c3nn[nH]n3)cc2)c2ccccc12. The summed E-state index contributed by atoms with van der Waals surface area (Å²) in [6.45, 7) is 0.584. The van der Waals surface area contributed by atoms with Gasteiger partial charge in [0, 0.05) is 29.2 Å². The molecule has 0 unspecified atom stereocenters. The fraction of sp³-hybridized carbons (Fsp3) is 0.0435. The van der Waals surface area contributed by atoms with E-state index in [9.17, 15) is 9.90 Å². The normalized spacial score (nSPS) is 11.1. The van der Waals surface area contributed by atoms with E-state index in [1.54, 1.807) is 6.20 Å². The van der Waals surface area contributed by atoms with Crippen LogP contribution < -0.4 is 0 Å². The third-order valence-corrected chi connectivity index (χ3v) is 5.15. The molecule has 146 valence electrons. The van der Waals surface area contributed by atoms with Crippen LogP contribution in [-0.2, 0) is 6.54 Å². The highest BCUT2D eigenvalue weighted by Gasteiger charge is 2.14. The standard InChI is InChI=1S/C23H17N5O2/c29-23(30)20-14-28(21-8-4-3-6-18(20)21)13-15-9-11-16(12-10-15)17-5-1-2-7-19(17)22-24-26-27-25-22/h1-12,14H,13H2,(H,29,30)(H,24,25,26,27). The number of rotatable bonds is 5. The van der Waals surface area contributed by atoms with Crippen molar-refractivity contribution in [1.82, 2.24) is 25.2 Å². The molecule has 30 heavy (non-hydrogen) atoms. The predicted molar refractivity (Wildman–Crippen MR) is 113 cm³/mol. The molecule has 0 spiro atoms. The Balaban J connectivity index is 1.48. The highest BCUT2D eigenvalue weighted by molar-refractivity contribution is 6.03. The van der Waals surface area contributed by atoms with Crippen LogP contribution in [0.1, 0.15) is 15.9 Å². The van der Waals surface area contributed by atoms with Gasteiger partial charge in [-0.3, -0.25) is 0 Å². The van der Waals surface area contributed by atoms with Crippen LogP contribution in [0.2, 0.25) is 0 Å². The van der Waals surface area contributed by atoms with Crippen LogP contribution in [-0.4, -0.2) is 36.3 Å². The molecular formula is C23H17N5O2. The van der Waals surface area contributed by atoms with Gasteiger partial charge >= 0.3 is 5.97 Å². The molecule has 0 amide bonds. The number of carbonyl (C=O) groups is 1. The van der Waals surface area contributed by atoms with Crippen molar-refractivity contribution in [3.8, 4) is 22.5 Å². The second kappa shape index (κ2) is 7.29. The summed E-state index contributed by atoms with van der Waals surface area (Å²) in [5, 5.41) is 24.6. The van der Waals surface area contributed by atoms with Crippen LogP contribution in [0.3, 0.4) is 0 Å². The van der Waals surface area contributed by atoms with Crippen LogP contribution >= 0.6 is 0 Å². The number of benzene rings is 3. The molecule has 5 aromatic rings. The molecule has 0 aliphatic carbocycles. The zero-order chi connectivity index (χ0) is 20.5. The summed E-state index contributed by atoms with van der Waals surface area (Å²) in [5.41, 5.74) is 5.26. The molecule has 7 heteroatoms. The number of H-pyrrole nitrogens is 1. The number of hydrogen-bond donors (Lipinski definition) is 2. The molecule has 0 aliphatic heterocycles. The Kier molecular flexibility index (Phi) is 4.33. The zero-order valence-electron chi connectivity index (χ0n) is 15.9. The number of carboxylic acids is 1. The minimum Gasteiger partial charge on any atom is -0.478 e. The molecule has 0 aliphatic rings. The lowest BCUT2D eigenvalue weighted by Gasteiger charge is -2.09. The Morgan fingerprint density at radius 1 is 0.933 bits per heavy atom. The van der Waals surface area contributed by atoms with Crippen molar-refractivity contribution in [3.63, 3.8) is 0 Å². The maximum atomic E-state index is 11.6. The van der Waals surface area contributed by atoms with Crippen LogP contribution in [0.25, 0.3) is 33.4 Å². The molecule has 2 heterocycles. The number of carboxylic acid groups (broad SMARTS) is 1. The lowest BCUT2D eigenvalue weighted by atomic mass is 9.98. The smallest absolute Gasteiger partial charge is 0.337 e. The second-order valence-electron chi connectivity index (χ2n) is 6.97. The number of fused-ring (bicyclic) bond motifs is 1. The summed E-state index contributed by atoms with van der Waals surface area (Å²) in [7, 11) is 0. The number of para-hydroxylation sites is 1. The summed E-state index contributed by atoms with van der Waals surface area (Å²) in [4.78, 5) is 11.6. The first-order valence-corrected chi connectivity index (χ1v) is 9.44. The predicted octanol–water partition coefficient (Wildman–Crippen LogP) is 4.23. The largest absolute Gasteiger partial charge is 0.478 e. The summed E-state index contributed by atoms with van der Waals surface area (Å²) < 4.78 is 1.97. The molecule has 5 rings (SSSR count). The Morgan fingerprint density at radius 2 is 1.67 bits per heavy atom. The van der Waals surface area contributed by atoms with E-state index in [0.29, 0.717) is 17.9 Å². The third kappa shape index (κ3) is 3.12. The molecule has 0 atom stereocenters. The number of nitrogens with one attached hydrogen (secondary N) is 1. The first-order chi connectivity index (χ1) is 14.7. The number of hydrogen-bond acceptors (Lipinski definition) is 4. The van der Waals surface area contributed by atoms with Gasteiger partial charge in [-0.2, -0.15) is 5.21 Å². The first-order valence-electron chi connectivity index (χ1n) is 9.44. The van der Waals surface area contributed by atoms with Crippen molar-refractivity contribution >= 4 is 16.9 Å². The van der Waals surface area contributed by atoms with Crippen LogP contribution in [0, 0.1) is 0 Å². The maximum Gasteiger partial charge on any atom is 0.337 e. The lowest BCUT2D eigenvalue weighted by molar-refractivity contribution is 0.0699. The Hall–Kier alpha value is -4.26. The quantitative estimate of drug-likeness (QED) is 0.464. The van der Waals surface area contributed by atoms with Gasteiger partial charge in [0.25, 0.3) is 0 Å². The van der Waals surface area contributed by atoms with Gasteiger partial charge in [0.2, 0.25) is 5.82 Å². The number of aromatic nitrogens is 5. The fourth-order valence-corrected chi connectivity index (χ4v) is 3.74. The van der Waals surface area contributed by atoms with Gasteiger partial charge in [0.15, 0.2) is 0 Å². The van der Waals surface area contributed by atoms with Gasteiger partial charge in [-0.1, -0.05) is 66.7 Å². The van der Waals surface area contributed by atoms with Crippen molar-refractivity contribution in [2.75, 3.05) is 0 Å². The molecule has 0 fully saturated rings. The maximum absolute atomic E-state index is 11.6. The number of tetrazole rings is 1. The second-order valence-corrected chi connectivity index (χ2v) is 6.97. The number of nitrogens with zero attached hydrogens (tertiary/aromatic N) is 4. The molecule has 3 aromatic carbocycles. The molecule has 2 N–H and O–H groups in total. The van der Waals surface area contributed by atoms with Gasteiger partial charge in [0.05, 0.1) is 5.56 Å². The van der Waals surface area contributed by atoms with Gasteiger partial charge in [-0.05, 0) is 28.0 Å². The summed E-state index contributed by atoms with van der Waals surface area (Å²) in [6.07, 6.45) is 1.70. The summed E-state index contributed by atoms with van der Waals surface area (Å²) in [5.74, 6) is -0.368. The van der Waals surface area contributed by atoms with Crippen molar-refractivity contribution in [1.29, 1.82) is 0 Å². The van der Waals surface area contributed by atoms with E-state index in [2.05, 4.69) is 44.9 Å². The first kappa shape index (κ1) is 17.8. The van der Waals surface area contributed by atoms with Crippen molar-refractivity contribution in [2.45, 2.75) is 6.54 Å². The number of aromatic carboxylic acids is 1. The van der Waals surface area contributed by atoms with Crippen LogP contribution in [0.5, 0.6) is 0 Å². The lowest BCUT2D eigenvalue weighted by Crippen LogP contribution is -1.99. The monoisotopic (exact) mass is 395 g/mol. The summed E-state index contributed by atoms with van der Waals surface area (Å²) >= 11 is 0. The Bertz CT molecular complexity index is 1340.